The quantitative estimate of drug-likeness (QED) is 0.266. The second-order valence-corrected chi connectivity index (χ2v) is 8.71. The van der Waals surface area contributed by atoms with E-state index in [1.54, 1.807) is 18.4 Å². The van der Waals surface area contributed by atoms with Gasteiger partial charge in [-0.05, 0) is 43.9 Å². The van der Waals surface area contributed by atoms with E-state index in [0.29, 0.717) is 40.2 Å². The number of hydrogen-bond donors (Lipinski definition) is 1. The molecule has 3 aromatic heterocycles. The number of nitrogens with zero attached hydrogens (tertiary/aromatic N) is 7. The van der Waals surface area contributed by atoms with Gasteiger partial charge in [0, 0.05) is 19.6 Å². The van der Waals surface area contributed by atoms with E-state index < -0.39 is 0 Å². The number of fused-ring (bicyclic) bond motifs is 2. The Morgan fingerprint density at radius 3 is 2.89 bits per heavy atom. The van der Waals surface area contributed by atoms with Crippen LogP contribution in [0.25, 0.3) is 21.9 Å². The van der Waals surface area contributed by atoms with Crippen molar-refractivity contribution < 1.29 is 4.73 Å². The van der Waals surface area contributed by atoms with Crippen molar-refractivity contribution in [1.29, 1.82) is 5.26 Å². The zero-order chi connectivity index (χ0) is 25.2. The molecule has 0 atom stereocenters. The molecular formula is C26H26N8O2. The predicted octanol–water partition coefficient (Wildman–Crippen LogP) is 1.43. The Kier molecular flexibility index (Phi) is 6.28. The first-order valence-electron chi connectivity index (χ1n) is 11.9. The third-order valence-corrected chi connectivity index (χ3v) is 6.56. The zero-order valence-electron chi connectivity index (χ0n) is 20.3. The summed E-state index contributed by atoms with van der Waals surface area (Å²) in [5.74, 6) is 6.79. The van der Waals surface area contributed by atoms with E-state index in [2.05, 4.69) is 38.1 Å². The first-order chi connectivity index (χ1) is 17.5. The summed E-state index contributed by atoms with van der Waals surface area (Å²) in [5, 5.41) is 27.2. The molecule has 1 aliphatic rings. The van der Waals surface area contributed by atoms with Gasteiger partial charge in [0.1, 0.15) is 40.7 Å². The number of aryl methyl sites for hydroxylation is 1. The van der Waals surface area contributed by atoms with Gasteiger partial charge in [-0.3, -0.25) is 9.36 Å². The topological polar surface area (TPSA) is 119 Å². The maximum absolute atomic E-state index is 13.8. The highest BCUT2D eigenvalue weighted by molar-refractivity contribution is 5.89. The van der Waals surface area contributed by atoms with Crippen LogP contribution in [0.2, 0.25) is 0 Å². The smallest absolute Gasteiger partial charge is 0.322 e. The number of nitrogens with one attached hydrogen (secondary N) is 1. The second-order valence-electron chi connectivity index (χ2n) is 8.71. The van der Waals surface area contributed by atoms with Gasteiger partial charge in [0.2, 0.25) is 0 Å². The van der Waals surface area contributed by atoms with Crippen LogP contribution in [0.1, 0.15) is 30.4 Å². The number of aromatic nitrogens is 5. The fourth-order valence-electron chi connectivity index (χ4n) is 4.78. The minimum absolute atomic E-state index is 0.0492. The predicted molar refractivity (Wildman–Crippen MR) is 136 cm³/mol. The van der Waals surface area contributed by atoms with E-state index in [1.165, 1.54) is 10.9 Å². The molecule has 4 heterocycles. The molecule has 4 aromatic rings. The Morgan fingerprint density at radius 1 is 1.25 bits per heavy atom. The van der Waals surface area contributed by atoms with Crippen LogP contribution in [-0.2, 0) is 13.1 Å². The monoisotopic (exact) mass is 482 g/mol. The average molecular weight is 483 g/mol. The van der Waals surface area contributed by atoms with Crippen molar-refractivity contribution in [3.05, 3.63) is 63.2 Å². The molecular weight excluding hydrogens is 456 g/mol. The van der Waals surface area contributed by atoms with Crippen molar-refractivity contribution in [1.82, 2.24) is 24.4 Å². The third-order valence-electron chi connectivity index (χ3n) is 6.56. The highest BCUT2D eigenvalue weighted by Crippen LogP contribution is 2.30. The van der Waals surface area contributed by atoms with E-state index in [0.717, 1.165) is 36.2 Å². The third kappa shape index (κ3) is 3.92. The van der Waals surface area contributed by atoms with E-state index in [4.69, 9.17) is 0 Å². The van der Waals surface area contributed by atoms with Crippen LogP contribution < -0.4 is 20.5 Å². The lowest BCUT2D eigenvalue weighted by atomic mass is 10.2. The number of hydrogen-bond acceptors (Lipinski definition) is 7. The summed E-state index contributed by atoms with van der Waals surface area (Å²) in [6.45, 7) is 6.81. The number of para-hydroxylation sites is 1. The van der Waals surface area contributed by atoms with Crippen LogP contribution in [0.3, 0.4) is 0 Å². The molecule has 0 amide bonds. The van der Waals surface area contributed by atoms with Crippen LogP contribution in [0.4, 0.5) is 5.82 Å². The summed E-state index contributed by atoms with van der Waals surface area (Å²) >= 11 is 0. The van der Waals surface area contributed by atoms with Gasteiger partial charge in [0.25, 0.3) is 5.56 Å². The van der Waals surface area contributed by atoms with Crippen molar-refractivity contribution in [2.45, 2.75) is 33.4 Å². The van der Waals surface area contributed by atoms with Crippen LogP contribution in [0.15, 0.2) is 35.4 Å². The second kappa shape index (κ2) is 9.68. The Balaban J connectivity index is 1.69. The molecule has 0 radical (unpaired) electrons. The Bertz CT molecular complexity index is 1630. The van der Waals surface area contributed by atoms with E-state index in [9.17, 15) is 15.3 Å². The lowest BCUT2D eigenvalue weighted by Gasteiger charge is -2.24. The minimum atomic E-state index is -0.346. The van der Waals surface area contributed by atoms with Gasteiger partial charge in [-0.25, -0.2) is 9.71 Å². The van der Waals surface area contributed by atoms with Gasteiger partial charge < -0.3 is 20.0 Å². The highest BCUT2D eigenvalue weighted by atomic mass is 16.5. The van der Waals surface area contributed by atoms with Crippen molar-refractivity contribution in [2.24, 2.45) is 0 Å². The molecule has 5 rings (SSSR count). The van der Waals surface area contributed by atoms with Crippen LogP contribution in [0.5, 0.6) is 0 Å². The molecule has 182 valence electrons. The number of anilines is 1. The molecule has 10 heteroatoms. The normalized spacial score (nSPS) is 13.9. The van der Waals surface area contributed by atoms with Gasteiger partial charge in [0.15, 0.2) is 5.52 Å². The largest absolute Gasteiger partial charge is 0.710 e. The highest BCUT2D eigenvalue weighted by Gasteiger charge is 2.27. The number of nitriles is 1. The van der Waals surface area contributed by atoms with E-state index in [1.807, 2.05) is 24.3 Å². The molecule has 0 bridgehead atoms. The van der Waals surface area contributed by atoms with E-state index in [-0.39, 0.29) is 24.5 Å². The Hall–Kier alpha value is -4.41. The average Bonchev–Trinajstić information content (AvgIpc) is 3.01. The summed E-state index contributed by atoms with van der Waals surface area (Å²) < 4.78 is 3.93. The molecule has 1 N–H and O–H groups in total. The maximum Gasteiger partial charge on any atom is 0.322 e. The Morgan fingerprint density at radius 2 is 2.08 bits per heavy atom. The molecule has 1 fully saturated rings. The summed E-state index contributed by atoms with van der Waals surface area (Å²) in [5.41, 5.74) is 1.88. The molecule has 0 aliphatic carbocycles. The van der Waals surface area contributed by atoms with Gasteiger partial charge in [0.05, 0.1) is 18.3 Å². The molecule has 1 aromatic carbocycles. The molecule has 36 heavy (non-hydrogen) atoms. The molecule has 0 spiro atoms. The van der Waals surface area contributed by atoms with Gasteiger partial charge >= 0.3 is 5.82 Å². The summed E-state index contributed by atoms with van der Waals surface area (Å²) in [6.07, 6.45) is 2.31. The fourth-order valence-corrected chi connectivity index (χ4v) is 4.78. The minimum Gasteiger partial charge on any atom is -0.710 e. The van der Waals surface area contributed by atoms with Crippen molar-refractivity contribution in [2.75, 3.05) is 31.1 Å². The van der Waals surface area contributed by atoms with Crippen molar-refractivity contribution >= 4 is 27.8 Å². The van der Waals surface area contributed by atoms with Gasteiger partial charge in [-0.15, -0.1) is 5.92 Å². The van der Waals surface area contributed by atoms with Gasteiger partial charge in [-0.2, -0.15) is 5.26 Å². The van der Waals surface area contributed by atoms with Gasteiger partial charge in [-0.1, -0.05) is 18.1 Å². The van der Waals surface area contributed by atoms with Crippen molar-refractivity contribution in [3.63, 3.8) is 0 Å². The van der Waals surface area contributed by atoms with Crippen molar-refractivity contribution in [3.8, 4) is 17.9 Å². The summed E-state index contributed by atoms with van der Waals surface area (Å²) in [4.78, 5) is 24.9. The standard InChI is InChI=1S/C26H26N8O2/c1-3-4-13-33-24-23(20(15-27)25(33)31-12-7-10-28-11-14-31)29-17-32(26(24)35)16-22-30-21-9-6-5-8-19(21)18(2)34(22)36/h5-6,8-9,17,28H,7,10-14,16H2,1-2H3. The summed E-state index contributed by atoms with van der Waals surface area (Å²) in [6, 6.07) is 9.68. The number of rotatable bonds is 4. The summed E-state index contributed by atoms with van der Waals surface area (Å²) in [7, 11) is 0. The SMILES string of the molecule is CC#CCn1c(N2CCCNCC2)c(C#N)c2ncn(Cc3nc4ccccc4c(C)[n+]3[O-])c(=O)c21. The lowest BCUT2D eigenvalue weighted by molar-refractivity contribution is -0.623. The molecule has 10 nitrogen and oxygen atoms in total. The first kappa shape index (κ1) is 23.3. The molecule has 1 saturated heterocycles. The fraction of sp³-hybridized carbons (Fsp3) is 0.346. The van der Waals surface area contributed by atoms with Crippen LogP contribution in [-0.4, -0.2) is 45.3 Å². The van der Waals surface area contributed by atoms with Crippen LogP contribution in [0, 0.1) is 35.3 Å². The molecule has 1 aliphatic heterocycles. The van der Waals surface area contributed by atoms with Crippen LogP contribution >= 0.6 is 0 Å². The number of benzene rings is 1. The molecule has 0 saturated carbocycles. The maximum atomic E-state index is 13.8. The lowest BCUT2D eigenvalue weighted by Crippen LogP contribution is -2.39. The Labute approximate surface area is 208 Å². The first-order valence-corrected chi connectivity index (χ1v) is 11.9. The zero-order valence-corrected chi connectivity index (χ0v) is 20.3. The van der Waals surface area contributed by atoms with E-state index >= 15 is 0 Å². The molecule has 0 unspecified atom stereocenters.